The van der Waals surface area contributed by atoms with Crippen LogP contribution in [-0.2, 0) is 22.7 Å². The summed E-state index contributed by atoms with van der Waals surface area (Å²) in [5.41, 5.74) is -1.65. The van der Waals surface area contributed by atoms with E-state index in [0.717, 1.165) is 16.8 Å². The van der Waals surface area contributed by atoms with Crippen molar-refractivity contribution >= 4 is 15.6 Å². The predicted octanol–water partition coefficient (Wildman–Crippen LogP) is -2.62. The van der Waals surface area contributed by atoms with Crippen molar-refractivity contribution in [1.82, 2.24) is 9.55 Å². The van der Waals surface area contributed by atoms with Crippen LogP contribution in [-0.4, -0.2) is 59.4 Å². The standard InChI is InChI=1S/C9H14N2O12P2/c12-5-1-2-11(9(15)10-5)8-7(14)6(13)4(22-8)3-21-25(19,20)23-24(16,17)18/h1-2,4,6-8,13-14H,3H2,(H,19,20)(H,10,12,15)(H2,16,17,18)/t4-,6?,7+,8-/m1/s1. The Labute approximate surface area is 138 Å². The van der Waals surface area contributed by atoms with E-state index in [4.69, 9.17) is 19.4 Å². The van der Waals surface area contributed by atoms with E-state index in [2.05, 4.69) is 8.83 Å². The van der Waals surface area contributed by atoms with Crippen molar-refractivity contribution in [3.8, 4) is 0 Å². The fourth-order valence-electron chi connectivity index (χ4n) is 2.05. The van der Waals surface area contributed by atoms with Gasteiger partial charge >= 0.3 is 21.3 Å². The number of aromatic nitrogens is 2. The molecule has 1 fully saturated rings. The minimum absolute atomic E-state index is 0.704. The van der Waals surface area contributed by atoms with Gasteiger partial charge in [0.1, 0.15) is 18.3 Å². The molecule has 1 aromatic rings. The third-order valence-corrected chi connectivity index (χ3v) is 5.23. The molecule has 5 atom stereocenters. The molecule has 16 heteroatoms. The molecule has 2 unspecified atom stereocenters. The molecule has 1 aliphatic rings. The summed E-state index contributed by atoms with van der Waals surface area (Å²) in [5, 5.41) is 19.8. The molecule has 2 heterocycles. The average molecular weight is 404 g/mol. The lowest BCUT2D eigenvalue weighted by molar-refractivity contribution is -0.0542. The maximum atomic E-state index is 11.7. The first-order valence-corrected chi connectivity index (χ1v) is 9.49. The first kappa shape index (κ1) is 20.1. The van der Waals surface area contributed by atoms with Crippen molar-refractivity contribution in [2.24, 2.45) is 0 Å². The van der Waals surface area contributed by atoms with Crippen molar-refractivity contribution in [1.29, 1.82) is 0 Å². The van der Waals surface area contributed by atoms with E-state index < -0.39 is 58.0 Å². The Kier molecular flexibility index (Phi) is 5.81. The van der Waals surface area contributed by atoms with Crippen LogP contribution in [0.1, 0.15) is 6.23 Å². The van der Waals surface area contributed by atoms with Crippen molar-refractivity contribution in [2.75, 3.05) is 6.61 Å². The fourth-order valence-corrected chi connectivity index (χ4v) is 3.65. The van der Waals surface area contributed by atoms with Gasteiger partial charge in [0.15, 0.2) is 6.23 Å². The van der Waals surface area contributed by atoms with Crippen molar-refractivity contribution in [3.63, 3.8) is 0 Å². The Hall–Kier alpha value is -1.18. The van der Waals surface area contributed by atoms with E-state index in [-0.39, 0.29) is 0 Å². The highest BCUT2D eigenvalue weighted by atomic mass is 31.3. The van der Waals surface area contributed by atoms with Gasteiger partial charge in [-0.1, -0.05) is 0 Å². The Balaban J connectivity index is 2.09. The summed E-state index contributed by atoms with van der Waals surface area (Å²) in [4.78, 5) is 50.7. The molecule has 14 nitrogen and oxygen atoms in total. The summed E-state index contributed by atoms with van der Waals surface area (Å²) >= 11 is 0. The molecule has 2 rings (SSSR count). The summed E-state index contributed by atoms with van der Waals surface area (Å²) in [5.74, 6) is 0. The molecular formula is C9H14N2O12P2. The largest absolute Gasteiger partial charge is 0.481 e. The van der Waals surface area contributed by atoms with E-state index in [1.54, 1.807) is 0 Å². The minimum Gasteiger partial charge on any atom is -0.387 e. The van der Waals surface area contributed by atoms with Gasteiger partial charge in [-0.25, -0.2) is 13.9 Å². The van der Waals surface area contributed by atoms with Gasteiger partial charge in [-0.3, -0.25) is 18.9 Å². The van der Waals surface area contributed by atoms with Crippen LogP contribution in [0.5, 0.6) is 0 Å². The average Bonchev–Trinajstić information content (AvgIpc) is 2.71. The number of aromatic amines is 1. The summed E-state index contributed by atoms with van der Waals surface area (Å²) in [6.07, 6.45) is -5.25. The highest BCUT2D eigenvalue weighted by Crippen LogP contribution is 2.57. The Morgan fingerprint density at radius 1 is 1.20 bits per heavy atom. The maximum Gasteiger partial charge on any atom is 0.481 e. The number of aliphatic hydroxyl groups is 2. The molecule has 1 aromatic heterocycles. The van der Waals surface area contributed by atoms with E-state index in [0.29, 0.717) is 0 Å². The van der Waals surface area contributed by atoms with Crippen LogP contribution in [0.3, 0.4) is 0 Å². The van der Waals surface area contributed by atoms with Gasteiger partial charge < -0.3 is 29.6 Å². The molecular weight excluding hydrogens is 390 g/mol. The molecule has 6 N–H and O–H groups in total. The number of H-pyrrole nitrogens is 1. The molecule has 1 saturated heterocycles. The first-order chi connectivity index (χ1) is 11.4. The monoisotopic (exact) mass is 404 g/mol. The Morgan fingerprint density at radius 3 is 2.40 bits per heavy atom. The van der Waals surface area contributed by atoms with E-state index >= 15 is 0 Å². The number of phosphoric ester groups is 1. The number of nitrogens with zero attached hydrogens (tertiary/aromatic N) is 1. The van der Waals surface area contributed by atoms with Gasteiger partial charge in [0, 0.05) is 12.3 Å². The lowest BCUT2D eigenvalue weighted by Crippen LogP contribution is -2.37. The van der Waals surface area contributed by atoms with Crippen LogP contribution in [0.2, 0.25) is 0 Å². The van der Waals surface area contributed by atoms with E-state index in [1.165, 1.54) is 0 Å². The second-order valence-corrected chi connectivity index (χ2v) is 7.73. The molecule has 0 bridgehead atoms. The van der Waals surface area contributed by atoms with E-state index in [1.807, 2.05) is 4.98 Å². The summed E-state index contributed by atoms with van der Waals surface area (Å²) in [6.45, 7) is -0.902. The number of rotatable bonds is 6. The number of phosphoric acid groups is 2. The fraction of sp³-hybridized carbons (Fsp3) is 0.556. The summed E-state index contributed by atoms with van der Waals surface area (Å²) < 4.78 is 35.6. The third kappa shape index (κ3) is 5.15. The molecule has 0 aliphatic carbocycles. The van der Waals surface area contributed by atoms with Gasteiger partial charge in [0.05, 0.1) is 6.61 Å². The predicted molar refractivity (Wildman–Crippen MR) is 76.2 cm³/mol. The molecule has 0 saturated carbocycles. The minimum atomic E-state index is -5.32. The van der Waals surface area contributed by atoms with Gasteiger partial charge in [-0.2, -0.15) is 4.31 Å². The SMILES string of the molecule is O=c1ccn([C@@H]2O[C@H](COP(=O)(O)OP(=O)(O)O)C(O)[C@@H]2O)c(=O)[nH]1. The zero-order valence-corrected chi connectivity index (χ0v) is 13.9. The zero-order chi connectivity index (χ0) is 19.0. The van der Waals surface area contributed by atoms with Crippen LogP contribution in [0, 0.1) is 0 Å². The summed E-state index contributed by atoms with van der Waals surface area (Å²) in [6, 6.07) is 0.962. The second-order valence-electron chi connectivity index (χ2n) is 4.90. The molecule has 142 valence electrons. The van der Waals surface area contributed by atoms with Crippen LogP contribution in [0.4, 0.5) is 0 Å². The smallest absolute Gasteiger partial charge is 0.387 e. The van der Waals surface area contributed by atoms with E-state index in [9.17, 15) is 28.9 Å². The zero-order valence-electron chi connectivity index (χ0n) is 12.1. The molecule has 0 aromatic carbocycles. The second kappa shape index (κ2) is 7.21. The number of hydrogen-bond donors (Lipinski definition) is 6. The Morgan fingerprint density at radius 2 is 1.84 bits per heavy atom. The highest BCUT2D eigenvalue weighted by molar-refractivity contribution is 7.60. The highest BCUT2D eigenvalue weighted by Gasteiger charge is 2.45. The Bertz CT molecular complexity index is 828. The van der Waals surface area contributed by atoms with Crippen molar-refractivity contribution in [2.45, 2.75) is 24.5 Å². The van der Waals surface area contributed by atoms with Gasteiger partial charge in [0.25, 0.3) is 5.56 Å². The number of hydrogen-bond acceptors (Lipinski definition) is 9. The lowest BCUT2D eigenvalue weighted by atomic mass is 10.1. The lowest BCUT2D eigenvalue weighted by Gasteiger charge is -2.17. The molecule has 25 heavy (non-hydrogen) atoms. The number of aliphatic hydroxyl groups excluding tert-OH is 2. The molecule has 0 spiro atoms. The molecule has 0 amide bonds. The first-order valence-electron chi connectivity index (χ1n) is 6.47. The number of ether oxygens (including phenoxy) is 1. The molecule has 1 aliphatic heterocycles. The summed E-state index contributed by atoms with van der Waals surface area (Å²) in [7, 11) is -10.5. The van der Waals surface area contributed by atoms with Crippen LogP contribution >= 0.6 is 15.6 Å². The molecule has 0 radical (unpaired) electrons. The van der Waals surface area contributed by atoms with Crippen LogP contribution < -0.4 is 11.2 Å². The van der Waals surface area contributed by atoms with Gasteiger partial charge in [-0.05, 0) is 0 Å². The third-order valence-electron chi connectivity index (χ3n) is 3.07. The number of nitrogens with one attached hydrogen (secondary N) is 1. The maximum absolute atomic E-state index is 11.7. The van der Waals surface area contributed by atoms with Gasteiger partial charge in [0.2, 0.25) is 0 Å². The van der Waals surface area contributed by atoms with Crippen LogP contribution in [0.25, 0.3) is 0 Å². The van der Waals surface area contributed by atoms with Crippen LogP contribution in [0.15, 0.2) is 21.9 Å². The van der Waals surface area contributed by atoms with Crippen molar-refractivity contribution < 1.29 is 47.6 Å². The van der Waals surface area contributed by atoms with Gasteiger partial charge in [-0.15, -0.1) is 0 Å². The normalized spacial score (nSPS) is 29.5. The quantitative estimate of drug-likeness (QED) is 0.269. The topological polar surface area (TPSA) is 218 Å². The van der Waals surface area contributed by atoms with Crippen molar-refractivity contribution in [3.05, 3.63) is 33.1 Å².